The predicted octanol–water partition coefficient (Wildman–Crippen LogP) is 2.49. The number of hydrogen-bond donors (Lipinski definition) is 1. The van der Waals surface area contributed by atoms with E-state index in [0.717, 1.165) is 6.07 Å². The standard InChI is InChI=1S/C21H18N2O7/c1-3-30-19(25)17-16(21(17)12-6-4-5-7-13(12)22-20(21)26)18(24)11-8-9-15(29-2)14(10-11)23(27)28/h4-10,16-17H,3H2,1-2H3,(H,22,26)/t16-,17-,21?/m1/s1. The van der Waals surface area contributed by atoms with Crippen LogP contribution in [0.1, 0.15) is 22.8 Å². The molecule has 30 heavy (non-hydrogen) atoms. The van der Waals surface area contributed by atoms with Crippen molar-refractivity contribution in [2.45, 2.75) is 12.3 Å². The number of fused-ring (bicyclic) bond motifs is 2. The number of ketones is 1. The summed E-state index contributed by atoms with van der Waals surface area (Å²) in [6.07, 6.45) is 0. The topological polar surface area (TPSA) is 125 Å². The molecule has 1 amide bonds. The molecule has 154 valence electrons. The van der Waals surface area contributed by atoms with Crippen molar-refractivity contribution >= 4 is 29.0 Å². The Morgan fingerprint density at radius 1 is 1.20 bits per heavy atom. The Morgan fingerprint density at radius 2 is 1.93 bits per heavy atom. The molecule has 4 rings (SSSR count). The number of Topliss-reactive ketones (excluding diaryl/α,β-unsaturated/α-hetero) is 1. The molecule has 2 aromatic carbocycles. The number of nitrogens with one attached hydrogen (secondary N) is 1. The number of benzene rings is 2. The number of methoxy groups -OCH3 is 1. The minimum atomic E-state index is -1.38. The van der Waals surface area contributed by atoms with Crippen LogP contribution >= 0.6 is 0 Å². The van der Waals surface area contributed by atoms with E-state index in [1.807, 2.05) is 0 Å². The van der Waals surface area contributed by atoms with Crippen LogP contribution in [0.4, 0.5) is 11.4 Å². The second-order valence-electron chi connectivity index (χ2n) is 7.08. The minimum absolute atomic E-state index is 0.00737. The van der Waals surface area contributed by atoms with Crippen LogP contribution in [0.5, 0.6) is 5.75 Å². The van der Waals surface area contributed by atoms with Gasteiger partial charge in [-0.1, -0.05) is 18.2 Å². The van der Waals surface area contributed by atoms with Crippen LogP contribution in [0.25, 0.3) is 0 Å². The molecule has 1 heterocycles. The summed E-state index contributed by atoms with van der Waals surface area (Å²) in [5.41, 5.74) is -0.644. The number of carbonyl (C=O) groups is 3. The lowest BCUT2D eigenvalue weighted by Gasteiger charge is -2.09. The number of anilines is 1. The molecule has 0 radical (unpaired) electrons. The average Bonchev–Trinajstić information content (AvgIpc) is 3.36. The molecule has 1 saturated carbocycles. The molecule has 1 spiro atoms. The molecule has 1 aliphatic heterocycles. The van der Waals surface area contributed by atoms with E-state index in [4.69, 9.17) is 9.47 Å². The Labute approximate surface area is 171 Å². The summed E-state index contributed by atoms with van der Waals surface area (Å²) in [5.74, 6) is -3.66. The molecule has 1 unspecified atom stereocenters. The lowest BCUT2D eigenvalue weighted by atomic mass is 9.91. The van der Waals surface area contributed by atoms with Gasteiger partial charge in [-0.25, -0.2) is 0 Å². The molecule has 9 heteroatoms. The van der Waals surface area contributed by atoms with Crippen molar-refractivity contribution < 1.29 is 28.8 Å². The SMILES string of the molecule is CCOC(=O)[C@H]1[C@H](C(=O)c2ccc(OC)c([N+](=O)[O-])c2)C12C(=O)Nc1ccccc12. The number of nitrogens with zero attached hydrogens (tertiary/aromatic N) is 1. The summed E-state index contributed by atoms with van der Waals surface area (Å²) in [6, 6.07) is 10.7. The number of carbonyl (C=O) groups excluding carboxylic acids is 3. The number of esters is 1. The second kappa shape index (κ2) is 6.94. The van der Waals surface area contributed by atoms with E-state index in [1.165, 1.54) is 19.2 Å². The number of hydrogen-bond acceptors (Lipinski definition) is 7. The van der Waals surface area contributed by atoms with Gasteiger partial charge in [0.05, 0.1) is 30.5 Å². The molecule has 2 aromatic rings. The van der Waals surface area contributed by atoms with Crippen molar-refractivity contribution in [2.24, 2.45) is 11.8 Å². The molecule has 1 N–H and O–H groups in total. The second-order valence-corrected chi connectivity index (χ2v) is 7.08. The van der Waals surface area contributed by atoms with Gasteiger partial charge in [0.1, 0.15) is 5.41 Å². The van der Waals surface area contributed by atoms with Crippen molar-refractivity contribution in [3.63, 3.8) is 0 Å². The molecule has 1 aliphatic carbocycles. The Bertz CT molecular complexity index is 1100. The van der Waals surface area contributed by atoms with Crippen molar-refractivity contribution in [2.75, 3.05) is 19.0 Å². The first kappa shape index (κ1) is 19.6. The number of nitro groups is 1. The van der Waals surface area contributed by atoms with Crippen LogP contribution in [-0.2, 0) is 19.7 Å². The van der Waals surface area contributed by atoms with Crippen molar-refractivity contribution in [1.29, 1.82) is 0 Å². The highest BCUT2D eigenvalue weighted by molar-refractivity contribution is 6.20. The van der Waals surface area contributed by atoms with E-state index in [1.54, 1.807) is 31.2 Å². The molecule has 1 fully saturated rings. The highest BCUT2D eigenvalue weighted by Gasteiger charge is 2.79. The molecule has 0 bridgehead atoms. The van der Waals surface area contributed by atoms with E-state index in [0.29, 0.717) is 11.3 Å². The molecular weight excluding hydrogens is 392 g/mol. The van der Waals surface area contributed by atoms with E-state index in [2.05, 4.69) is 5.32 Å². The van der Waals surface area contributed by atoms with Crippen molar-refractivity contribution in [3.05, 3.63) is 63.7 Å². The van der Waals surface area contributed by atoms with Crippen LogP contribution in [-0.4, -0.2) is 36.3 Å². The molecule has 2 aliphatic rings. The van der Waals surface area contributed by atoms with E-state index < -0.39 is 39.8 Å². The fraction of sp³-hybridized carbons (Fsp3) is 0.286. The number of nitro benzene ring substituents is 1. The summed E-state index contributed by atoms with van der Waals surface area (Å²) >= 11 is 0. The zero-order valence-electron chi connectivity index (χ0n) is 16.2. The summed E-state index contributed by atoms with van der Waals surface area (Å²) in [5, 5.41) is 14.1. The van der Waals surface area contributed by atoms with E-state index >= 15 is 0 Å². The van der Waals surface area contributed by atoms with Crippen molar-refractivity contribution in [1.82, 2.24) is 0 Å². The average molecular weight is 410 g/mol. The molecular formula is C21H18N2O7. The first-order valence-corrected chi connectivity index (χ1v) is 9.32. The van der Waals surface area contributed by atoms with Gasteiger partial charge in [0, 0.05) is 17.3 Å². The summed E-state index contributed by atoms with van der Waals surface area (Å²) in [7, 11) is 1.29. The summed E-state index contributed by atoms with van der Waals surface area (Å²) in [6.45, 7) is 1.74. The van der Waals surface area contributed by atoms with Crippen LogP contribution in [0.3, 0.4) is 0 Å². The van der Waals surface area contributed by atoms with Gasteiger partial charge in [-0.2, -0.15) is 0 Å². The first-order valence-electron chi connectivity index (χ1n) is 9.32. The van der Waals surface area contributed by atoms with Crippen LogP contribution in [0.2, 0.25) is 0 Å². The van der Waals surface area contributed by atoms with Crippen molar-refractivity contribution in [3.8, 4) is 5.75 Å². The number of amides is 1. The van der Waals surface area contributed by atoms with Gasteiger partial charge in [0.2, 0.25) is 5.91 Å². The van der Waals surface area contributed by atoms with Gasteiger partial charge >= 0.3 is 11.7 Å². The Kier molecular flexibility index (Phi) is 4.53. The summed E-state index contributed by atoms with van der Waals surface area (Å²) < 4.78 is 10.1. The first-order chi connectivity index (χ1) is 14.4. The predicted molar refractivity (Wildman–Crippen MR) is 104 cm³/mol. The maximum Gasteiger partial charge on any atom is 0.311 e. The minimum Gasteiger partial charge on any atom is -0.490 e. The number of rotatable bonds is 6. The largest absolute Gasteiger partial charge is 0.490 e. The fourth-order valence-electron chi connectivity index (χ4n) is 4.38. The monoisotopic (exact) mass is 410 g/mol. The number of ether oxygens (including phenoxy) is 2. The molecule has 9 nitrogen and oxygen atoms in total. The van der Waals surface area contributed by atoms with Gasteiger partial charge in [-0.05, 0) is 30.7 Å². The smallest absolute Gasteiger partial charge is 0.311 e. The van der Waals surface area contributed by atoms with Gasteiger partial charge in [0.25, 0.3) is 0 Å². The maximum absolute atomic E-state index is 13.4. The third kappa shape index (κ3) is 2.58. The zero-order chi connectivity index (χ0) is 21.6. The fourth-order valence-corrected chi connectivity index (χ4v) is 4.38. The third-order valence-electron chi connectivity index (χ3n) is 5.69. The highest BCUT2D eigenvalue weighted by Crippen LogP contribution is 2.66. The summed E-state index contributed by atoms with van der Waals surface area (Å²) in [4.78, 5) is 49.7. The van der Waals surface area contributed by atoms with Crippen LogP contribution in [0, 0.1) is 22.0 Å². The van der Waals surface area contributed by atoms with Crippen LogP contribution in [0.15, 0.2) is 42.5 Å². The van der Waals surface area contributed by atoms with Gasteiger partial charge < -0.3 is 14.8 Å². The Hall–Kier alpha value is -3.75. The molecule has 3 atom stereocenters. The normalized spacial score (nSPS) is 23.5. The van der Waals surface area contributed by atoms with Gasteiger partial charge in [-0.3, -0.25) is 24.5 Å². The van der Waals surface area contributed by atoms with Gasteiger partial charge in [-0.15, -0.1) is 0 Å². The Morgan fingerprint density at radius 3 is 2.60 bits per heavy atom. The highest BCUT2D eigenvalue weighted by atomic mass is 16.6. The van der Waals surface area contributed by atoms with E-state index in [-0.39, 0.29) is 23.6 Å². The van der Waals surface area contributed by atoms with Crippen LogP contribution < -0.4 is 10.1 Å². The quantitative estimate of drug-likeness (QED) is 0.336. The Balaban J connectivity index is 1.80. The number of para-hydroxylation sites is 1. The molecule has 0 saturated heterocycles. The van der Waals surface area contributed by atoms with E-state index in [9.17, 15) is 24.5 Å². The zero-order valence-corrected chi connectivity index (χ0v) is 16.2. The lowest BCUT2D eigenvalue weighted by Crippen LogP contribution is -2.26. The van der Waals surface area contributed by atoms with Gasteiger partial charge in [0.15, 0.2) is 11.5 Å². The molecule has 0 aromatic heterocycles. The maximum atomic E-state index is 13.4. The third-order valence-corrected chi connectivity index (χ3v) is 5.69. The lowest BCUT2D eigenvalue weighted by molar-refractivity contribution is -0.385.